The Morgan fingerprint density at radius 2 is 2.29 bits per heavy atom. The van der Waals surface area contributed by atoms with E-state index in [1.807, 2.05) is 0 Å². The molecule has 7 heteroatoms. The molecule has 0 aliphatic rings. The molecule has 0 amide bonds. The van der Waals surface area contributed by atoms with Gasteiger partial charge in [-0.3, -0.25) is 14.9 Å². The van der Waals surface area contributed by atoms with Crippen LogP contribution in [0.25, 0.3) is 0 Å². The second kappa shape index (κ2) is 4.61. The Hall–Kier alpha value is -0.820. The van der Waals surface area contributed by atoms with Gasteiger partial charge in [0, 0.05) is 16.7 Å². The zero-order valence-electron chi connectivity index (χ0n) is 6.74. The number of nitro groups is 1. The van der Waals surface area contributed by atoms with E-state index < -0.39 is 10.7 Å². The molecule has 0 N–H and O–H groups in total. The van der Waals surface area contributed by atoms with Gasteiger partial charge in [-0.15, -0.1) is 0 Å². The summed E-state index contributed by atoms with van der Waals surface area (Å²) in [5.41, 5.74) is -0.418. The number of carbonyl (C=O) groups is 1. The van der Waals surface area contributed by atoms with E-state index in [2.05, 4.69) is 36.8 Å². The molecule has 5 nitrogen and oxygen atoms in total. The molecule has 0 fully saturated rings. The molecule has 0 saturated heterocycles. The summed E-state index contributed by atoms with van der Waals surface area (Å²) in [6, 6.07) is 1.25. The van der Waals surface area contributed by atoms with E-state index in [0.29, 0.717) is 4.47 Å². The van der Waals surface area contributed by atoms with E-state index in [4.69, 9.17) is 0 Å². The maximum Gasteiger partial charge on any atom is 0.299 e. The minimum atomic E-state index is -0.631. The van der Waals surface area contributed by atoms with Crippen LogP contribution in [-0.2, 0) is 0 Å². The average molecular weight is 324 g/mol. The fourth-order valence-corrected chi connectivity index (χ4v) is 1.43. The Morgan fingerprint density at radius 1 is 1.64 bits per heavy atom. The average Bonchev–Trinajstić information content (AvgIpc) is 2.16. The maximum atomic E-state index is 11.2. The van der Waals surface area contributed by atoms with Crippen molar-refractivity contribution in [3.05, 3.63) is 32.5 Å². The molecule has 74 valence electrons. The smallest absolute Gasteiger partial charge is 0.291 e. The number of rotatable bonds is 3. The van der Waals surface area contributed by atoms with Gasteiger partial charge >= 0.3 is 0 Å². The first-order chi connectivity index (χ1) is 6.56. The van der Waals surface area contributed by atoms with Crippen LogP contribution in [0.2, 0.25) is 0 Å². The van der Waals surface area contributed by atoms with Gasteiger partial charge < -0.3 is 0 Å². The van der Waals surface area contributed by atoms with Gasteiger partial charge in [0.25, 0.3) is 5.69 Å². The highest BCUT2D eigenvalue weighted by Gasteiger charge is 2.21. The number of ketones is 1. The van der Waals surface area contributed by atoms with E-state index in [9.17, 15) is 14.9 Å². The summed E-state index contributed by atoms with van der Waals surface area (Å²) in [6.45, 7) is 0. The van der Waals surface area contributed by atoms with Gasteiger partial charge in [-0.2, -0.15) is 0 Å². The van der Waals surface area contributed by atoms with Crippen LogP contribution >= 0.6 is 31.9 Å². The molecule has 0 aromatic carbocycles. The molecule has 1 heterocycles. The molecule has 1 aromatic heterocycles. The molecule has 0 spiro atoms. The van der Waals surface area contributed by atoms with Crippen LogP contribution in [-0.4, -0.2) is 21.0 Å². The molecule has 0 aliphatic heterocycles. The predicted molar refractivity (Wildman–Crippen MR) is 56.7 cm³/mol. The molecule has 0 aliphatic carbocycles. The summed E-state index contributed by atoms with van der Waals surface area (Å²) in [6.07, 6.45) is 1.35. The lowest BCUT2D eigenvalue weighted by molar-refractivity contribution is -0.385. The number of halogens is 2. The van der Waals surface area contributed by atoms with Gasteiger partial charge in [-0.25, -0.2) is 4.98 Å². The van der Waals surface area contributed by atoms with Gasteiger partial charge in [0.2, 0.25) is 0 Å². The summed E-state index contributed by atoms with van der Waals surface area (Å²) >= 11 is 5.98. The molecular formula is C7H4Br2N2O3. The predicted octanol–water partition coefficient (Wildman–Crippen LogP) is 2.33. The minimum absolute atomic E-state index is 0.0163. The van der Waals surface area contributed by atoms with Crippen LogP contribution in [0.1, 0.15) is 10.5 Å². The SMILES string of the molecule is O=C(CBr)c1ncc(Br)cc1[N+](=O)[O-]. The first kappa shape index (κ1) is 11.3. The Bertz CT molecular complexity index is 395. The largest absolute Gasteiger partial charge is 0.299 e. The monoisotopic (exact) mass is 322 g/mol. The number of alkyl halides is 1. The van der Waals surface area contributed by atoms with E-state index >= 15 is 0 Å². The third-order valence-electron chi connectivity index (χ3n) is 1.42. The van der Waals surface area contributed by atoms with Crippen LogP contribution in [0.15, 0.2) is 16.7 Å². The third-order valence-corrected chi connectivity index (χ3v) is 2.36. The van der Waals surface area contributed by atoms with Crippen LogP contribution < -0.4 is 0 Å². The highest BCUT2D eigenvalue weighted by Crippen LogP contribution is 2.21. The second-order valence-electron chi connectivity index (χ2n) is 2.34. The zero-order valence-corrected chi connectivity index (χ0v) is 9.91. The van der Waals surface area contributed by atoms with Gasteiger partial charge in [0.15, 0.2) is 11.5 Å². The number of hydrogen-bond donors (Lipinski definition) is 0. The second-order valence-corrected chi connectivity index (χ2v) is 3.81. The maximum absolute atomic E-state index is 11.2. The van der Waals surface area contributed by atoms with Crippen molar-refractivity contribution in [3.63, 3.8) is 0 Å². The molecule has 0 bridgehead atoms. The molecule has 1 rings (SSSR count). The van der Waals surface area contributed by atoms with Crippen molar-refractivity contribution in [3.8, 4) is 0 Å². The first-order valence-corrected chi connectivity index (χ1v) is 5.36. The van der Waals surface area contributed by atoms with Crippen LogP contribution in [0.3, 0.4) is 0 Å². The van der Waals surface area contributed by atoms with Crippen molar-refractivity contribution < 1.29 is 9.72 Å². The van der Waals surface area contributed by atoms with Crippen LogP contribution in [0.5, 0.6) is 0 Å². The summed E-state index contributed by atoms with van der Waals surface area (Å²) < 4.78 is 0.468. The Balaban J connectivity index is 3.28. The first-order valence-electron chi connectivity index (χ1n) is 3.45. The van der Waals surface area contributed by atoms with Gasteiger partial charge in [0.05, 0.1) is 10.3 Å². The highest BCUT2D eigenvalue weighted by atomic mass is 79.9. The van der Waals surface area contributed by atoms with Gasteiger partial charge in [0.1, 0.15) is 0 Å². The summed E-state index contributed by atoms with van der Waals surface area (Å²) in [5, 5.41) is 10.6. The molecule has 0 atom stereocenters. The Morgan fingerprint density at radius 3 is 2.79 bits per heavy atom. The standard InChI is InChI=1S/C7H4Br2N2O3/c8-2-6(12)7-5(11(13)14)1-4(9)3-10-7/h1,3H,2H2. The lowest BCUT2D eigenvalue weighted by Gasteiger charge is -1.98. The number of hydrogen-bond acceptors (Lipinski definition) is 4. The fraction of sp³-hybridized carbons (Fsp3) is 0.143. The lowest BCUT2D eigenvalue weighted by Crippen LogP contribution is -2.07. The Kier molecular flexibility index (Phi) is 3.70. The van der Waals surface area contributed by atoms with Gasteiger partial charge in [-0.1, -0.05) is 15.9 Å². The summed E-state index contributed by atoms with van der Waals surface area (Å²) in [7, 11) is 0. The van der Waals surface area contributed by atoms with Crippen molar-refractivity contribution >= 4 is 43.3 Å². The van der Waals surface area contributed by atoms with Crippen LogP contribution in [0.4, 0.5) is 5.69 Å². The van der Waals surface area contributed by atoms with Crippen molar-refractivity contribution in [1.82, 2.24) is 4.98 Å². The minimum Gasteiger partial charge on any atom is -0.291 e. The third kappa shape index (κ3) is 2.36. The number of carbonyl (C=O) groups excluding carboxylic acids is 1. The van der Waals surface area contributed by atoms with E-state index in [1.54, 1.807) is 0 Å². The fourth-order valence-electron chi connectivity index (χ4n) is 0.846. The van der Waals surface area contributed by atoms with E-state index in [-0.39, 0.29) is 16.7 Å². The van der Waals surface area contributed by atoms with Crippen molar-refractivity contribution in [2.45, 2.75) is 0 Å². The normalized spacial score (nSPS) is 9.86. The highest BCUT2D eigenvalue weighted by molar-refractivity contribution is 9.10. The van der Waals surface area contributed by atoms with E-state index in [0.717, 1.165) is 0 Å². The Labute approximate surface area is 95.9 Å². The summed E-state index contributed by atoms with van der Waals surface area (Å²) in [5.74, 6) is -0.413. The van der Waals surface area contributed by atoms with E-state index in [1.165, 1.54) is 12.3 Å². The van der Waals surface area contributed by atoms with Crippen molar-refractivity contribution in [2.24, 2.45) is 0 Å². The number of pyridine rings is 1. The molecule has 1 aromatic rings. The lowest BCUT2D eigenvalue weighted by atomic mass is 10.2. The topological polar surface area (TPSA) is 73.1 Å². The number of aromatic nitrogens is 1. The molecular weight excluding hydrogens is 320 g/mol. The molecule has 0 saturated carbocycles. The zero-order chi connectivity index (χ0) is 10.7. The molecule has 14 heavy (non-hydrogen) atoms. The molecule has 0 unspecified atom stereocenters. The summed E-state index contributed by atoms with van der Waals surface area (Å²) in [4.78, 5) is 24.9. The quantitative estimate of drug-likeness (QED) is 0.370. The van der Waals surface area contributed by atoms with Gasteiger partial charge in [-0.05, 0) is 15.9 Å². The molecule has 0 radical (unpaired) electrons. The van der Waals surface area contributed by atoms with Crippen molar-refractivity contribution in [2.75, 3.05) is 5.33 Å². The number of nitrogens with zero attached hydrogens (tertiary/aromatic N) is 2. The van der Waals surface area contributed by atoms with Crippen LogP contribution in [0, 0.1) is 10.1 Å². The number of Topliss-reactive ketones (excluding diaryl/α,β-unsaturated/α-hetero) is 1. The van der Waals surface area contributed by atoms with Crippen molar-refractivity contribution in [1.29, 1.82) is 0 Å².